The van der Waals surface area contributed by atoms with Gasteiger partial charge in [0.2, 0.25) is 5.91 Å². The molecule has 1 amide bonds. The lowest BCUT2D eigenvalue weighted by Gasteiger charge is -2.36. The number of nitrogens with one attached hydrogen (secondary N) is 1. The number of hydrogen-bond donors (Lipinski definition) is 1. The summed E-state index contributed by atoms with van der Waals surface area (Å²) in [6, 6.07) is 18.5. The number of carbonyl (C=O) groups is 1. The van der Waals surface area contributed by atoms with E-state index in [9.17, 15) is 4.79 Å². The Labute approximate surface area is 141 Å². The first-order valence-electron chi connectivity index (χ1n) is 8.44. The SMILES string of the molecule is O=C(Cc1c[nH]c2ccccc12)N1CCN(c2ccccc2)CC1. The zero-order valence-corrected chi connectivity index (χ0v) is 13.6. The van der Waals surface area contributed by atoms with Crippen molar-refractivity contribution in [3.05, 3.63) is 66.4 Å². The van der Waals surface area contributed by atoms with E-state index in [-0.39, 0.29) is 5.91 Å². The Hall–Kier alpha value is -2.75. The van der Waals surface area contributed by atoms with Gasteiger partial charge in [0.1, 0.15) is 0 Å². The lowest BCUT2D eigenvalue weighted by Crippen LogP contribution is -2.49. The Balaban J connectivity index is 1.40. The van der Waals surface area contributed by atoms with E-state index in [1.54, 1.807) is 0 Å². The van der Waals surface area contributed by atoms with Gasteiger partial charge in [-0.1, -0.05) is 36.4 Å². The highest BCUT2D eigenvalue weighted by atomic mass is 16.2. The van der Waals surface area contributed by atoms with E-state index < -0.39 is 0 Å². The van der Waals surface area contributed by atoms with Gasteiger partial charge in [-0.3, -0.25) is 4.79 Å². The van der Waals surface area contributed by atoms with E-state index >= 15 is 0 Å². The lowest BCUT2D eigenvalue weighted by atomic mass is 10.1. The molecule has 2 aromatic carbocycles. The molecule has 0 aliphatic carbocycles. The molecular weight excluding hydrogens is 298 g/mol. The van der Waals surface area contributed by atoms with E-state index in [1.807, 2.05) is 35.4 Å². The molecule has 4 rings (SSSR count). The monoisotopic (exact) mass is 319 g/mol. The van der Waals surface area contributed by atoms with Crippen molar-refractivity contribution in [1.82, 2.24) is 9.88 Å². The van der Waals surface area contributed by atoms with Gasteiger partial charge in [-0.05, 0) is 23.8 Å². The first kappa shape index (κ1) is 14.8. The summed E-state index contributed by atoms with van der Waals surface area (Å²) in [4.78, 5) is 20.2. The Bertz CT molecular complexity index is 832. The molecule has 4 nitrogen and oxygen atoms in total. The van der Waals surface area contributed by atoms with Crippen molar-refractivity contribution in [2.75, 3.05) is 31.1 Å². The van der Waals surface area contributed by atoms with E-state index in [0.29, 0.717) is 6.42 Å². The third-order valence-electron chi connectivity index (χ3n) is 4.77. The fourth-order valence-electron chi connectivity index (χ4n) is 3.41. The van der Waals surface area contributed by atoms with E-state index in [1.165, 1.54) is 5.69 Å². The molecule has 0 spiro atoms. The summed E-state index contributed by atoms with van der Waals surface area (Å²) in [6.45, 7) is 3.36. The van der Waals surface area contributed by atoms with Gasteiger partial charge >= 0.3 is 0 Å². The van der Waals surface area contributed by atoms with Crippen molar-refractivity contribution in [1.29, 1.82) is 0 Å². The number of aromatic nitrogens is 1. The highest BCUT2D eigenvalue weighted by Gasteiger charge is 2.22. The van der Waals surface area contributed by atoms with Crippen LogP contribution in [0.2, 0.25) is 0 Å². The van der Waals surface area contributed by atoms with Crippen LogP contribution in [-0.4, -0.2) is 42.0 Å². The van der Waals surface area contributed by atoms with Crippen molar-refractivity contribution in [2.45, 2.75) is 6.42 Å². The smallest absolute Gasteiger partial charge is 0.227 e. The summed E-state index contributed by atoms with van der Waals surface area (Å²) in [6.07, 6.45) is 2.43. The molecular formula is C20H21N3O. The van der Waals surface area contributed by atoms with Crippen molar-refractivity contribution in [3.63, 3.8) is 0 Å². The molecule has 1 aromatic heterocycles. The average Bonchev–Trinajstić information content (AvgIpc) is 3.06. The molecule has 122 valence electrons. The molecule has 1 aliphatic heterocycles. The second-order valence-corrected chi connectivity index (χ2v) is 6.24. The number of piperazine rings is 1. The van der Waals surface area contributed by atoms with Crippen LogP contribution in [0.25, 0.3) is 10.9 Å². The zero-order valence-electron chi connectivity index (χ0n) is 13.6. The maximum atomic E-state index is 12.6. The second-order valence-electron chi connectivity index (χ2n) is 6.24. The number of H-pyrrole nitrogens is 1. The number of aromatic amines is 1. The highest BCUT2D eigenvalue weighted by Crippen LogP contribution is 2.20. The molecule has 0 radical (unpaired) electrons. The topological polar surface area (TPSA) is 39.3 Å². The predicted octanol–water partition coefficient (Wildman–Crippen LogP) is 3.06. The van der Waals surface area contributed by atoms with Crippen molar-refractivity contribution in [3.8, 4) is 0 Å². The van der Waals surface area contributed by atoms with Gasteiger partial charge in [-0.2, -0.15) is 0 Å². The first-order valence-corrected chi connectivity index (χ1v) is 8.44. The number of hydrogen-bond acceptors (Lipinski definition) is 2. The van der Waals surface area contributed by atoms with Crippen LogP contribution in [0.3, 0.4) is 0 Å². The fourth-order valence-corrected chi connectivity index (χ4v) is 3.41. The summed E-state index contributed by atoms with van der Waals surface area (Å²) >= 11 is 0. The van der Waals surface area contributed by atoms with Gasteiger partial charge in [-0.25, -0.2) is 0 Å². The molecule has 4 heteroatoms. The molecule has 0 bridgehead atoms. The quantitative estimate of drug-likeness (QED) is 0.806. The van der Waals surface area contributed by atoms with Gasteiger partial charge in [0, 0.05) is 49.0 Å². The average molecular weight is 319 g/mol. The molecule has 3 aromatic rings. The third kappa shape index (κ3) is 2.87. The van der Waals surface area contributed by atoms with E-state index in [2.05, 4.69) is 40.2 Å². The molecule has 2 heterocycles. The number of carbonyl (C=O) groups excluding carboxylic acids is 1. The highest BCUT2D eigenvalue weighted by molar-refractivity contribution is 5.89. The van der Waals surface area contributed by atoms with Crippen LogP contribution in [0.4, 0.5) is 5.69 Å². The van der Waals surface area contributed by atoms with Crippen molar-refractivity contribution in [2.24, 2.45) is 0 Å². The fraction of sp³-hybridized carbons (Fsp3) is 0.250. The summed E-state index contributed by atoms with van der Waals surface area (Å²) in [5, 5.41) is 1.15. The van der Waals surface area contributed by atoms with E-state index in [4.69, 9.17) is 0 Å². The van der Waals surface area contributed by atoms with Crippen LogP contribution in [0.15, 0.2) is 60.8 Å². The summed E-state index contributed by atoms with van der Waals surface area (Å²) < 4.78 is 0. The molecule has 0 atom stereocenters. The molecule has 1 saturated heterocycles. The maximum Gasteiger partial charge on any atom is 0.227 e. The molecule has 0 unspecified atom stereocenters. The number of amides is 1. The molecule has 0 saturated carbocycles. The minimum Gasteiger partial charge on any atom is -0.368 e. The van der Waals surface area contributed by atoms with Gasteiger partial charge < -0.3 is 14.8 Å². The number of rotatable bonds is 3. The number of anilines is 1. The summed E-state index contributed by atoms with van der Waals surface area (Å²) in [5.41, 5.74) is 3.41. The number of para-hydroxylation sites is 2. The largest absolute Gasteiger partial charge is 0.368 e. The number of benzene rings is 2. The third-order valence-corrected chi connectivity index (χ3v) is 4.77. The lowest BCUT2D eigenvalue weighted by molar-refractivity contribution is -0.130. The zero-order chi connectivity index (χ0) is 16.4. The van der Waals surface area contributed by atoms with Crippen LogP contribution in [0.1, 0.15) is 5.56 Å². The van der Waals surface area contributed by atoms with Gasteiger partial charge in [0.25, 0.3) is 0 Å². The number of nitrogens with zero attached hydrogens (tertiary/aromatic N) is 2. The van der Waals surface area contributed by atoms with Crippen LogP contribution < -0.4 is 4.90 Å². The van der Waals surface area contributed by atoms with Crippen molar-refractivity contribution < 1.29 is 4.79 Å². The summed E-state index contributed by atoms with van der Waals surface area (Å²) in [5.74, 6) is 0.215. The van der Waals surface area contributed by atoms with Gasteiger partial charge in [0.15, 0.2) is 0 Å². The van der Waals surface area contributed by atoms with Crippen LogP contribution in [0.5, 0.6) is 0 Å². The standard InChI is InChI=1S/C20H21N3O/c24-20(14-16-15-21-19-9-5-4-8-18(16)19)23-12-10-22(11-13-23)17-6-2-1-3-7-17/h1-9,15,21H,10-14H2. The van der Waals surface area contributed by atoms with Gasteiger partial charge in [0.05, 0.1) is 6.42 Å². The Morgan fingerprint density at radius 1 is 0.917 bits per heavy atom. The Morgan fingerprint density at radius 2 is 1.62 bits per heavy atom. The molecule has 1 fully saturated rings. The van der Waals surface area contributed by atoms with Crippen molar-refractivity contribution >= 4 is 22.5 Å². The van der Waals surface area contributed by atoms with Gasteiger partial charge in [-0.15, -0.1) is 0 Å². The normalized spacial score (nSPS) is 15.0. The molecule has 1 aliphatic rings. The minimum atomic E-state index is 0.215. The summed E-state index contributed by atoms with van der Waals surface area (Å²) in [7, 11) is 0. The Morgan fingerprint density at radius 3 is 2.42 bits per heavy atom. The maximum absolute atomic E-state index is 12.6. The first-order chi connectivity index (χ1) is 11.8. The van der Waals surface area contributed by atoms with Crippen LogP contribution in [-0.2, 0) is 11.2 Å². The minimum absolute atomic E-state index is 0.215. The van der Waals surface area contributed by atoms with Crippen LogP contribution >= 0.6 is 0 Å². The number of fused-ring (bicyclic) bond motifs is 1. The Kier molecular flexibility index (Phi) is 3.95. The van der Waals surface area contributed by atoms with Crippen LogP contribution in [0, 0.1) is 0 Å². The molecule has 1 N–H and O–H groups in total. The molecule has 24 heavy (non-hydrogen) atoms. The second kappa shape index (κ2) is 6.40. The van der Waals surface area contributed by atoms with E-state index in [0.717, 1.165) is 42.6 Å². The predicted molar refractivity (Wildman–Crippen MR) is 97.2 cm³/mol.